The molecule has 1 spiro atoms. The summed E-state index contributed by atoms with van der Waals surface area (Å²) in [6.45, 7) is 0.985. The van der Waals surface area contributed by atoms with Gasteiger partial charge in [-0.3, -0.25) is 9.00 Å². The molecule has 0 saturated carbocycles. The van der Waals surface area contributed by atoms with E-state index in [1.54, 1.807) is 4.90 Å². The maximum Gasteiger partial charge on any atom is 0.243 e. The minimum atomic E-state index is -3.75. The van der Waals surface area contributed by atoms with Gasteiger partial charge in [-0.1, -0.05) is 0 Å². The fraction of sp³-hybridized carbons (Fsp3) is 0.562. The summed E-state index contributed by atoms with van der Waals surface area (Å²) in [6, 6.07) is 4.68. The highest BCUT2D eigenvalue weighted by atomic mass is 32.2. The van der Waals surface area contributed by atoms with Gasteiger partial charge in [0.2, 0.25) is 15.9 Å². The van der Waals surface area contributed by atoms with Crippen molar-refractivity contribution in [3.05, 3.63) is 30.1 Å². The van der Waals surface area contributed by atoms with Crippen LogP contribution in [0.3, 0.4) is 0 Å². The van der Waals surface area contributed by atoms with E-state index < -0.39 is 31.5 Å². The second kappa shape index (κ2) is 7.34. The largest absolute Gasteiger partial charge is 0.383 e. The molecule has 2 saturated heterocycles. The Labute approximate surface area is 154 Å². The van der Waals surface area contributed by atoms with E-state index in [0.29, 0.717) is 26.0 Å². The van der Waals surface area contributed by atoms with Crippen molar-refractivity contribution in [3.63, 3.8) is 0 Å². The molecule has 1 unspecified atom stereocenters. The van der Waals surface area contributed by atoms with Crippen molar-refractivity contribution in [2.45, 2.75) is 22.6 Å². The maximum atomic E-state index is 13.1. The summed E-state index contributed by atoms with van der Waals surface area (Å²) >= 11 is 0. The topological polar surface area (TPSA) is 84.0 Å². The number of nitrogens with zero attached hydrogens (tertiary/aromatic N) is 2. The Bertz CT molecular complexity index is 804. The van der Waals surface area contributed by atoms with E-state index in [0.717, 1.165) is 12.1 Å². The zero-order valence-electron chi connectivity index (χ0n) is 14.4. The first kappa shape index (κ1) is 19.4. The van der Waals surface area contributed by atoms with Crippen LogP contribution in [0.15, 0.2) is 29.2 Å². The Balaban J connectivity index is 1.78. The summed E-state index contributed by atoms with van der Waals surface area (Å²) in [4.78, 5) is 13.0. The van der Waals surface area contributed by atoms with Gasteiger partial charge in [0.15, 0.2) is 0 Å². The number of hydrogen-bond donors (Lipinski definition) is 0. The van der Waals surface area contributed by atoms with Crippen LogP contribution in [0.1, 0.15) is 12.8 Å². The monoisotopic (exact) mass is 404 g/mol. The van der Waals surface area contributed by atoms with Crippen molar-refractivity contribution in [1.82, 2.24) is 9.21 Å². The molecule has 144 valence electrons. The summed E-state index contributed by atoms with van der Waals surface area (Å²) in [5.41, 5.74) is 0. The minimum Gasteiger partial charge on any atom is -0.383 e. The summed E-state index contributed by atoms with van der Waals surface area (Å²) in [5, 5.41) is 0. The molecule has 2 heterocycles. The van der Waals surface area contributed by atoms with Crippen molar-refractivity contribution >= 4 is 26.7 Å². The van der Waals surface area contributed by atoms with Crippen LogP contribution in [-0.4, -0.2) is 71.7 Å². The molecule has 0 aliphatic carbocycles. The first-order valence-corrected chi connectivity index (χ1v) is 11.0. The average molecular weight is 404 g/mol. The van der Waals surface area contributed by atoms with Crippen molar-refractivity contribution in [2.24, 2.45) is 0 Å². The average Bonchev–Trinajstić information content (AvgIpc) is 2.84. The number of piperidine rings is 1. The predicted octanol–water partition coefficient (Wildman–Crippen LogP) is 0.544. The third-order valence-electron chi connectivity index (χ3n) is 4.95. The second-order valence-electron chi connectivity index (χ2n) is 6.33. The lowest BCUT2D eigenvalue weighted by Crippen LogP contribution is -2.56. The van der Waals surface area contributed by atoms with Gasteiger partial charge >= 0.3 is 0 Å². The number of benzene rings is 1. The Morgan fingerprint density at radius 2 is 1.85 bits per heavy atom. The minimum absolute atomic E-state index is 0.0229. The van der Waals surface area contributed by atoms with E-state index in [-0.39, 0.29) is 29.6 Å². The van der Waals surface area contributed by atoms with Crippen molar-refractivity contribution < 1.29 is 26.5 Å². The molecule has 10 heteroatoms. The quantitative estimate of drug-likeness (QED) is 0.715. The van der Waals surface area contributed by atoms with Gasteiger partial charge in [-0.2, -0.15) is 4.31 Å². The van der Waals surface area contributed by atoms with E-state index in [9.17, 15) is 21.8 Å². The van der Waals surface area contributed by atoms with Crippen LogP contribution in [0, 0.1) is 5.82 Å². The Morgan fingerprint density at radius 1 is 1.23 bits per heavy atom. The van der Waals surface area contributed by atoms with E-state index in [1.807, 2.05) is 0 Å². The highest BCUT2D eigenvalue weighted by molar-refractivity contribution is 7.89. The standard InChI is InChI=1S/C16H21FN2O5S2/c1-24-11-10-19-15(20)12-25(21)16(19)6-8-18(9-7-16)26(22,23)14-4-2-13(17)3-5-14/h2-5H,6-12H2,1H3. The molecule has 3 rings (SSSR count). The van der Waals surface area contributed by atoms with Gasteiger partial charge in [0.05, 0.1) is 22.3 Å². The Morgan fingerprint density at radius 3 is 2.42 bits per heavy atom. The number of ether oxygens (including phenoxy) is 1. The first-order chi connectivity index (χ1) is 12.3. The number of carbonyl (C=O) groups is 1. The summed E-state index contributed by atoms with van der Waals surface area (Å²) in [6.07, 6.45) is 0.602. The zero-order chi connectivity index (χ0) is 18.9. The lowest BCUT2D eigenvalue weighted by atomic mass is 10.0. The molecule has 2 aliphatic heterocycles. The number of amides is 1. The fourth-order valence-corrected chi connectivity index (χ4v) is 6.68. The third kappa shape index (κ3) is 3.30. The highest BCUT2D eigenvalue weighted by Gasteiger charge is 2.53. The van der Waals surface area contributed by atoms with Crippen LogP contribution in [0.2, 0.25) is 0 Å². The number of sulfonamides is 1. The molecule has 0 aromatic heterocycles. The summed E-state index contributed by atoms with van der Waals surface area (Å²) in [5.74, 6) is -0.723. The van der Waals surface area contributed by atoms with Crippen molar-refractivity contribution in [3.8, 4) is 0 Å². The molecule has 0 bridgehead atoms. The van der Waals surface area contributed by atoms with Crippen LogP contribution < -0.4 is 0 Å². The number of methoxy groups -OCH3 is 1. The van der Waals surface area contributed by atoms with Gasteiger partial charge in [0, 0.05) is 26.7 Å². The molecule has 1 atom stereocenters. The van der Waals surface area contributed by atoms with Crippen LogP contribution in [0.4, 0.5) is 4.39 Å². The van der Waals surface area contributed by atoms with Gasteiger partial charge in [-0.25, -0.2) is 12.8 Å². The predicted molar refractivity (Wildman–Crippen MR) is 93.7 cm³/mol. The molecule has 0 radical (unpaired) electrons. The SMILES string of the molecule is COCCN1C(=O)CS(=O)C12CCN(S(=O)(=O)c1ccc(F)cc1)CC2. The molecule has 26 heavy (non-hydrogen) atoms. The smallest absolute Gasteiger partial charge is 0.243 e. The van der Waals surface area contributed by atoms with Crippen LogP contribution >= 0.6 is 0 Å². The van der Waals surface area contributed by atoms with Gasteiger partial charge in [-0.15, -0.1) is 0 Å². The van der Waals surface area contributed by atoms with Gasteiger partial charge in [0.25, 0.3) is 0 Å². The number of hydrogen-bond acceptors (Lipinski definition) is 5. The molecule has 0 N–H and O–H groups in total. The summed E-state index contributed by atoms with van der Waals surface area (Å²) in [7, 11) is -3.59. The highest BCUT2D eigenvalue weighted by Crippen LogP contribution is 2.38. The first-order valence-electron chi connectivity index (χ1n) is 8.25. The van der Waals surface area contributed by atoms with Crippen molar-refractivity contribution in [2.75, 3.05) is 39.1 Å². The zero-order valence-corrected chi connectivity index (χ0v) is 16.0. The molecular weight excluding hydrogens is 383 g/mol. The third-order valence-corrected chi connectivity index (χ3v) is 8.84. The number of carbonyl (C=O) groups excluding carboxylic acids is 1. The van der Waals surface area contributed by atoms with Crippen LogP contribution in [0.5, 0.6) is 0 Å². The second-order valence-corrected chi connectivity index (χ2v) is 10.0. The van der Waals surface area contributed by atoms with Gasteiger partial charge < -0.3 is 9.64 Å². The number of rotatable bonds is 5. The summed E-state index contributed by atoms with van der Waals surface area (Å²) < 4.78 is 57.4. The molecule has 7 nitrogen and oxygen atoms in total. The van der Waals surface area contributed by atoms with Gasteiger partial charge in [0.1, 0.15) is 16.4 Å². The lowest BCUT2D eigenvalue weighted by molar-refractivity contribution is -0.131. The van der Waals surface area contributed by atoms with E-state index in [2.05, 4.69) is 0 Å². The normalized spacial score (nSPS) is 23.7. The van der Waals surface area contributed by atoms with Gasteiger partial charge in [-0.05, 0) is 37.1 Å². The number of halogens is 1. The molecule has 1 amide bonds. The van der Waals surface area contributed by atoms with E-state index >= 15 is 0 Å². The molecule has 2 aliphatic rings. The Kier molecular flexibility index (Phi) is 5.48. The van der Waals surface area contributed by atoms with Crippen LogP contribution in [-0.2, 0) is 30.4 Å². The maximum absolute atomic E-state index is 13.1. The molecular formula is C16H21FN2O5S2. The Hall–Kier alpha value is -1.36. The van der Waals surface area contributed by atoms with Crippen molar-refractivity contribution in [1.29, 1.82) is 0 Å². The van der Waals surface area contributed by atoms with Crippen LogP contribution in [0.25, 0.3) is 0 Å². The van der Waals surface area contributed by atoms with E-state index in [4.69, 9.17) is 4.74 Å². The molecule has 1 aromatic rings. The van der Waals surface area contributed by atoms with E-state index in [1.165, 1.54) is 23.5 Å². The molecule has 1 aromatic carbocycles. The molecule has 2 fully saturated rings. The lowest BCUT2D eigenvalue weighted by Gasteiger charge is -2.42. The fourth-order valence-electron chi connectivity index (χ4n) is 3.51.